The number of nitro groups is 1. The molecular weight excluding hydrogens is 274 g/mol. The van der Waals surface area contributed by atoms with E-state index in [1.54, 1.807) is 12.1 Å². The van der Waals surface area contributed by atoms with Gasteiger partial charge in [0.05, 0.1) is 22.7 Å². The lowest BCUT2D eigenvalue weighted by Crippen LogP contribution is -2.09. The maximum Gasteiger partial charge on any atom is 0.278 e. The van der Waals surface area contributed by atoms with Crippen LogP contribution in [0.3, 0.4) is 0 Å². The third-order valence-electron chi connectivity index (χ3n) is 2.77. The van der Waals surface area contributed by atoms with Gasteiger partial charge in [0, 0.05) is 5.69 Å². The maximum absolute atomic E-state index is 10.9. The lowest BCUT2D eigenvalue weighted by atomic mass is 10.2. The Morgan fingerprint density at radius 1 is 1.38 bits per heavy atom. The minimum atomic E-state index is -0.538. The summed E-state index contributed by atoms with van der Waals surface area (Å²) in [6, 6.07) is 6.02. The topological polar surface area (TPSA) is 116 Å². The second kappa shape index (κ2) is 6.14. The van der Waals surface area contributed by atoms with Crippen molar-refractivity contribution in [3.05, 3.63) is 45.8 Å². The van der Waals surface area contributed by atoms with Crippen LogP contribution in [0.4, 0.5) is 11.5 Å². The summed E-state index contributed by atoms with van der Waals surface area (Å²) in [7, 11) is 0. The molecule has 0 aliphatic heterocycles. The van der Waals surface area contributed by atoms with Crippen LogP contribution in [0.25, 0.3) is 0 Å². The molecule has 0 aliphatic rings. The molecule has 2 aromatic heterocycles. The Morgan fingerprint density at radius 3 is 2.76 bits per heavy atom. The average Bonchev–Trinajstić information content (AvgIpc) is 2.48. The molecule has 0 fully saturated rings. The molecule has 0 aromatic carbocycles. The van der Waals surface area contributed by atoms with Gasteiger partial charge in [0.15, 0.2) is 11.6 Å². The molecule has 0 saturated carbocycles. The second-order valence-corrected chi connectivity index (χ2v) is 4.30. The minimum absolute atomic E-state index is 0.0810. The number of aromatic nitrogens is 2. The Morgan fingerprint density at radius 2 is 2.14 bits per heavy atom. The van der Waals surface area contributed by atoms with E-state index in [9.17, 15) is 10.1 Å². The molecule has 21 heavy (non-hydrogen) atoms. The maximum atomic E-state index is 10.9. The van der Waals surface area contributed by atoms with Crippen molar-refractivity contribution >= 4 is 11.5 Å². The number of hydrazine groups is 1. The Labute approximate surface area is 121 Å². The van der Waals surface area contributed by atoms with E-state index in [1.807, 2.05) is 13.8 Å². The summed E-state index contributed by atoms with van der Waals surface area (Å²) in [5.74, 6) is 6.00. The molecule has 0 radical (unpaired) electrons. The quantitative estimate of drug-likeness (QED) is 0.493. The molecule has 2 aromatic rings. The van der Waals surface area contributed by atoms with Crippen LogP contribution in [0.15, 0.2) is 24.3 Å². The van der Waals surface area contributed by atoms with E-state index in [0.717, 1.165) is 11.4 Å². The van der Waals surface area contributed by atoms with Crippen molar-refractivity contribution < 1.29 is 9.66 Å². The second-order valence-electron chi connectivity index (χ2n) is 4.30. The molecule has 8 nitrogen and oxygen atoms in total. The lowest BCUT2D eigenvalue weighted by molar-refractivity contribution is -0.384. The predicted octanol–water partition coefficient (Wildman–Crippen LogP) is 2.33. The van der Waals surface area contributed by atoms with Gasteiger partial charge >= 0.3 is 0 Å². The number of nitrogens with zero attached hydrogens (tertiary/aromatic N) is 3. The molecule has 0 amide bonds. The molecule has 0 saturated heterocycles. The highest BCUT2D eigenvalue weighted by molar-refractivity contribution is 5.48. The fourth-order valence-electron chi connectivity index (χ4n) is 1.78. The SMILES string of the molecule is CCc1nc(C)ccc1Oc1cc([N+](=O)[O-])cc(NN)n1. The predicted molar refractivity (Wildman–Crippen MR) is 77.1 cm³/mol. The molecule has 0 unspecified atom stereocenters. The average molecular weight is 289 g/mol. The van der Waals surface area contributed by atoms with E-state index in [1.165, 1.54) is 12.1 Å². The summed E-state index contributed by atoms with van der Waals surface area (Å²) in [6.07, 6.45) is 0.675. The first-order valence-corrected chi connectivity index (χ1v) is 6.31. The number of rotatable bonds is 5. The number of hydrogen-bond donors (Lipinski definition) is 2. The minimum Gasteiger partial charge on any atom is -0.437 e. The van der Waals surface area contributed by atoms with E-state index < -0.39 is 4.92 Å². The lowest BCUT2D eigenvalue weighted by Gasteiger charge is -2.10. The zero-order valence-electron chi connectivity index (χ0n) is 11.7. The summed E-state index contributed by atoms with van der Waals surface area (Å²) < 4.78 is 5.62. The standard InChI is InChI=1S/C13H15N5O3/c1-3-10-11(5-4-8(2)15-10)21-13-7-9(18(19)20)6-12(16-13)17-14/h4-7H,3,14H2,1-2H3,(H,16,17). The van der Waals surface area contributed by atoms with Crippen molar-refractivity contribution in [2.75, 3.05) is 5.43 Å². The van der Waals surface area contributed by atoms with Crippen LogP contribution in [0.1, 0.15) is 18.3 Å². The zero-order chi connectivity index (χ0) is 15.4. The molecule has 2 heterocycles. The first kappa shape index (κ1) is 14.7. The van der Waals surface area contributed by atoms with Crippen LogP contribution in [0.2, 0.25) is 0 Å². The zero-order valence-corrected chi connectivity index (χ0v) is 11.7. The van der Waals surface area contributed by atoms with Gasteiger partial charge in [-0.3, -0.25) is 15.1 Å². The van der Waals surface area contributed by atoms with Crippen LogP contribution in [-0.2, 0) is 6.42 Å². The molecule has 8 heteroatoms. The first-order chi connectivity index (χ1) is 10.0. The van der Waals surface area contributed by atoms with E-state index in [2.05, 4.69) is 15.4 Å². The number of nitrogen functional groups attached to an aromatic ring is 1. The summed E-state index contributed by atoms with van der Waals surface area (Å²) in [4.78, 5) is 18.7. The molecule has 0 spiro atoms. The van der Waals surface area contributed by atoms with Crippen LogP contribution in [0.5, 0.6) is 11.6 Å². The fraction of sp³-hybridized carbons (Fsp3) is 0.231. The van der Waals surface area contributed by atoms with Crippen LogP contribution in [0, 0.1) is 17.0 Å². The molecule has 3 N–H and O–H groups in total. The number of pyridine rings is 2. The van der Waals surface area contributed by atoms with Crippen molar-refractivity contribution in [2.45, 2.75) is 20.3 Å². The Balaban J connectivity index is 2.39. The van der Waals surface area contributed by atoms with Gasteiger partial charge in [-0.25, -0.2) is 5.84 Å². The molecule has 110 valence electrons. The number of hydrogen-bond acceptors (Lipinski definition) is 7. The van der Waals surface area contributed by atoms with Gasteiger partial charge in [-0.15, -0.1) is 0 Å². The number of nitrogens with two attached hydrogens (primary N) is 1. The van der Waals surface area contributed by atoms with E-state index >= 15 is 0 Å². The van der Waals surface area contributed by atoms with Crippen LogP contribution in [-0.4, -0.2) is 14.9 Å². The van der Waals surface area contributed by atoms with Crippen LogP contribution >= 0.6 is 0 Å². The van der Waals surface area contributed by atoms with Crippen LogP contribution < -0.4 is 16.0 Å². The van der Waals surface area contributed by atoms with Gasteiger partial charge in [0.2, 0.25) is 5.88 Å². The van der Waals surface area contributed by atoms with Gasteiger partial charge in [0.1, 0.15) is 0 Å². The third-order valence-corrected chi connectivity index (χ3v) is 2.77. The Hall–Kier alpha value is -2.74. The molecular formula is C13H15N5O3. The monoisotopic (exact) mass is 289 g/mol. The van der Waals surface area contributed by atoms with Crippen molar-refractivity contribution in [1.29, 1.82) is 0 Å². The van der Waals surface area contributed by atoms with Crippen molar-refractivity contribution in [3.8, 4) is 11.6 Å². The first-order valence-electron chi connectivity index (χ1n) is 6.31. The summed E-state index contributed by atoms with van der Waals surface area (Å²) in [5, 5.41) is 10.9. The highest BCUT2D eigenvalue weighted by Crippen LogP contribution is 2.28. The highest BCUT2D eigenvalue weighted by Gasteiger charge is 2.14. The normalized spacial score (nSPS) is 10.2. The number of nitrogens with one attached hydrogen (secondary N) is 1. The summed E-state index contributed by atoms with van der Waals surface area (Å²) in [5.41, 5.74) is 3.74. The third kappa shape index (κ3) is 3.42. The summed E-state index contributed by atoms with van der Waals surface area (Å²) in [6.45, 7) is 3.83. The number of anilines is 1. The number of ether oxygens (including phenoxy) is 1. The Kier molecular flexibility index (Phi) is 4.29. The smallest absolute Gasteiger partial charge is 0.278 e. The van der Waals surface area contributed by atoms with Gasteiger partial charge in [-0.2, -0.15) is 4.98 Å². The van der Waals surface area contributed by atoms with Crippen molar-refractivity contribution in [3.63, 3.8) is 0 Å². The largest absolute Gasteiger partial charge is 0.437 e. The molecule has 0 bridgehead atoms. The molecule has 0 aliphatic carbocycles. The molecule has 2 rings (SSSR count). The van der Waals surface area contributed by atoms with Crippen molar-refractivity contribution in [1.82, 2.24) is 9.97 Å². The van der Waals surface area contributed by atoms with E-state index in [4.69, 9.17) is 10.6 Å². The Bertz CT molecular complexity index is 675. The van der Waals surface area contributed by atoms with Gasteiger partial charge in [-0.1, -0.05) is 6.92 Å². The van der Waals surface area contributed by atoms with Gasteiger partial charge < -0.3 is 10.2 Å². The highest BCUT2D eigenvalue weighted by atomic mass is 16.6. The number of aryl methyl sites for hydroxylation is 2. The van der Waals surface area contributed by atoms with Gasteiger partial charge in [0.25, 0.3) is 5.69 Å². The van der Waals surface area contributed by atoms with Gasteiger partial charge in [-0.05, 0) is 25.5 Å². The molecule has 0 atom stereocenters. The fourth-order valence-corrected chi connectivity index (χ4v) is 1.78. The van der Waals surface area contributed by atoms with E-state index in [-0.39, 0.29) is 17.4 Å². The van der Waals surface area contributed by atoms with E-state index in [0.29, 0.717) is 12.2 Å². The van der Waals surface area contributed by atoms with Crippen molar-refractivity contribution in [2.24, 2.45) is 5.84 Å². The summed E-state index contributed by atoms with van der Waals surface area (Å²) >= 11 is 0.